The third-order valence-electron chi connectivity index (χ3n) is 3.50. The Kier molecular flexibility index (Phi) is 5.10. The summed E-state index contributed by atoms with van der Waals surface area (Å²) in [5.41, 5.74) is 0.983. The van der Waals surface area contributed by atoms with Crippen LogP contribution in [0.2, 0.25) is 5.02 Å². The lowest BCUT2D eigenvalue weighted by Crippen LogP contribution is -1.98. The van der Waals surface area contributed by atoms with Crippen LogP contribution in [-0.4, -0.2) is 33.1 Å². The number of ether oxygens (including phenoxy) is 1. The molecule has 26 heavy (non-hydrogen) atoms. The fourth-order valence-electron chi connectivity index (χ4n) is 2.27. The molecule has 3 rings (SSSR count). The van der Waals surface area contributed by atoms with Gasteiger partial charge in [0.25, 0.3) is 5.69 Å². The Morgan fingerprint density at radius 2 is 2.15 bits per heavy atom. The Morgan fingerprint density at radius 1 is 1.38 bits per heavy atom. The maximum Gasteiger partial charge on any atom is 0.270 e. The summed E-state index contributed by atoms with van der Waals surface area (Å²) in [4.78, 5) is 10.4. The quantitative estimate of drug-likeness (QED) is 0.307. The van der Waals surface area contributed by atoms with Crippen LogP contribution in [0.25, 0.3) is 11.4 Å². The number of methoxy groups -OCH3 is 1. The van der Waals surface area contributed by atoms with Crippen molar-refractivity contribution in [1.29, 1.82) is 0 Å². The minimum absolute atomic E-state index is 0.0865. The molecule has 0 aliphatic heterocycles. The average molecular weight is 390 g/mol. The number of aromatic nitrogens is 3. The van der Waals surface area contributed by atoms with E-state index in [1.165, 1.54) is 29.1 Å². The minimum atomic E-state index is -0.503. The van der Waals surface area contributed by atoms with E-state index in [0.29, 0.717) is 27.7 Å². The Labute approximate surface area is 157 Å². The van der Waals surface area contributed by atoms with E-state index in [4.69, 9.17) is 28.6 Å². The Hall–Kier alpha value is -3.04. The van der Waals surface area contributed by atoms with Gasteiger partial charge in [-0.2, -0.15) is 14.9 Å². The number of para-hydroxylation sites is 1. The number of halogens is 1. The van der Waals surface area contributed by atoms with Crippen LogP contribution in [0.4, 0.5) is 5.69 Å². The number of aromatic amines is 1. The van der Waals surface area contributed by atoms with Crippen molar-refractivity contribution in [2.45, 2.75) is 0 Å². The normalized spacial score (nSPS) is 11.0. The molecule has 1 heterocycles. The number of nitrogens with zero attached hydrogens (tertiary/aromatic N) is 4. The molecule has 0 atom stereocenters. The SMILES string of the molecule is COc1ccccc1-c1n[nH]c(=S)n1/N=C/c1cc([N+](=O)[O-])ccc1Cl. The van der Waals surface area contributed by atoms with Crippen LogP contribution in [0.15, 0.2) is 47.6 Å². The predicted octanol–water partition coefficient (Wildman–Crippen LogP) is 4.06. The summed E-state index contributed by atoms with van der Waals surface area (Å²) in [5, 5.41) is 22.4. The van der Waals surface area contributed by atoms with Crippen LogP contribution in [0.3, 0.4) is 0 Å². The maximum atomic E-state index is 10.9. The highest BCUT2D eigenvalue weighted by Crippen LogP contribution is 2.28. The van der Waals surface area contributed by atoms with Crippen molar-refractivity contribution < 1.29 is 9.66 Å². The summed E-state index contributed by atoms with van der Waals surface area (Å²) in [6.07, 6.45) is 1.39. The summed E-state index contributed by atoms with van der Waals surface area (Å²) >= 11 is 11.3. The van der Waals surface area contributed by atoms with Gasteiger partial charge in [-0.3, -0.25) is 10.1 Å². The maximum absolute atomic E-state index is 10.9. The van der Waals surface area contributed by atoms with E-state index in [0.717, 1.165) is 0 Å². The Morgan fingerprint density at radius 3 is 2.88 bits per heavy atom. The van der Waals surface area contributed by atoms with Gasteiger partial charge >= 0.3 is 0 Å². The molecule has 1 aromatic heterocycles. The first kappa shape index (κ1) is 17.8. The molecular weight excluding hydrogens is 378 g/mol. The van der Waals surface area contributed by atoms with Crippen LogP contribution < -0.4 is 4.74 Å². The third kappa shape index (κ3) is 3.48. The molecular formula is C16H12ClN5O3S. The molecule has 0 spiro atoms. The zero-order valence-electron chi connectivity index (χ0n) is 13.4. The lowest BCUT2D eigenvalue weighted by Gasteiger charge is -2.07. The molecule has 0 aliphatic rings. The minimum Gasteiger partial charge on any atom is -0.496 e. The standard InChI is InChI=1S/C16H12ClN5O3S/c1-25-14-5-3-2-4-12(14)15-19-20-16(26)21(15)18-9-10-8-11(22(23)24)6-7-13(10)17/h2-9H,1H3,(H,20,26)/b18-9+. The zero-order chi connectivity index (χ0) is 18.7. The highest BCUT2D eigenvalue weighted by molar-refractivity contribution is 7.71. The van der Waals surface area contributed by atoms with E-state index in [9.17, 15) is 10.1 Å². The summed E-state index contributed by atoms with van der Waals surface area (Å²) in [5.74, 6) is 1.04. The van der Waals surface area contributed by atoms with Gasteiger partial charge in [0.05, 0.1) is 23.8 Å². The first-order valence-corrected chi connectivity index (χ1v) is 8.09. The molecule has 1 N–H and O–H groups in total. The topological polar surface area (TPSA) is 98.3 Å². The van der Waals surface area contributed by atoms with Crippen molar-refractivity contribution in [2.75, 3.05) is 7.11 Å². The van der Waals surface area contributed by atoms with Crippen LogP contribution in [-0.2, 0) is 0 Å². The molecule has 0 unspecified atom stereocenters. The number of rotatable bonds is 5. The lowest BCUT2D eigenvalue weighted by atomic mass is 10.2. The van der Waals surface area contributed by atoms with Gasteiger partial charge in [-0.1, -0.05) is 23.7 Å². The van der Waals surface area contributed by atoms with Crippen molar-refractivity contribution in [3.63, 3.8) is 0 Å². The van der Waals surface area contributed by atoms with Crippen molar-refractivity contribution in [3.05, 3.63) is 67.9 Å². The largest absolute Gasteiger partial charge is 0.496 e. The molecule has 8 nitrogen and oxygen atoms in total. The molecule has 0 amide bonds. The van der Waals surface area contributed by atoms with Gasteiger partial charge < -0.3 is 4.74 Å². The van der Waals surface area contributed by atoms with Crippen molar-refractivity contribution in [3.8, 4) is 17.1 Å². The highest BCUT2D eigenvalue weighted by Gasteiger charge is 2.13. The summed E-state index contributed by atoms with van der Waals surface area (Å²) in [7, 11) is 1.55. The van der Waals surface area contributed by atoms with Crippen LogP contribution >= 0.6 is 23.8 Å². The van der Waals surface area contributed by atoms with Crippen molar-refractivity contribution in [2.24, 2.45) is 5.10 Å². The monoisotopic (exact) mass is 389 g/mol. The van der Waals surface area contributed by atoms with E-state index in [1.807, 2.05) is 18.2 Å². The van der Waals surface area contributed by atoms with E-state index in [1.54, 1.807) is 13.2 Å². The molecule has 10 heteroatoms. The second-order valence-electron chi connectivity index (χ2n) is 5.07. The van der Waals surface area contributed by atoms with Gasteiger partial charge in [0.2, 0.25) is 4.77 Å². The number of hydrogen-bond donors (Lipinski definition) is 1. The summed E-state index contributed by atoms with van der Waals surface area (Å²) < 4.78 is 6.98. The first-order chi connectivity index (χ1) is 12.5. The third-order valence-corrected chi connectivity index (χ3v) is 4.11. The van der Waals surface area contributed by atoms with E-state index in [2.05, 4.69) is 15.3 Å². The van der Waals surface area contributed by atoms with Gasteiger partial charge in [0.1, 0.15) is 5.75 Å². The van der Waals surface area contributed by atoms with E-state index in [-0.39, 0.29) is 10.5 Å². The fourth-order valence-corrected chi connectivity index (χ4v) is 2.61. The second-order valence-corrected chi connectivity index (χ2v) is 5.87. The Bertz CT molecular complexity index is 1060. The number of nitro benzene ring substituents is 1. The van der Waals surface area contributed by atoms with Gasteiger partial charge in [-0.15, -0.1) is 0 Å². The van der Waals surface area contributed by atoms with Crippen molar-refractivity contribution in [1.82, 2.24) is 14.9 Å². The first-order valence-electron chi connectivity index (χ1n) is 7.30. The second kappa shape index (κ2) is 7.46. The molecule has 0 radical (unpaired) electrons. The molecule has 132 valence electrons. The van der Waals surface area contributed by atoms with Crippen molar-refractivity contribution >= 4 is 35.7 Å². The number of nitrogens with one attached hydrogen (secondary N) is 1. The molecule has 0 saturated carbocycles. The Balaban J connectivity index is 2.06. The fraction of sp³-hybridized carbons (Fsp3) is 0.0625. The number of benzene rings is 2. The molecule has 3 aromatic rings. The van der Waals surface area contributed by atoms with Gasteiger partial charge in [-0.05, 0) is 30.4 Å². The number of H-pyrrole nitrogens is 1. The highest BCUT2D eigenvalue weighted by atomic mass is 35.5. The molecule has 0 aliphatic carbocycles. The predicted molar refractivity (Wildman–Crippen MR) is 100 cm³/mol. The number of hydrogen-bond acceptors (Lipinski definition) is 6. The van der Waals surface area contributed by atoms with E-state index >= 15 is 0 Å². The number of nitro groups is 1. The van der Waals surface area contributed by atoms with E-state index < -0.39 is 4.92 Å². The molecule has 0 fully saturated rings. The van der Waals surface area contributed by atoms with Crippen LogP contribution in [0, 0.1) is 14.9 Å². The average Bonchev–Trinajstić information content (AvgIpc) is 3.01. The molecule has 2 aromatic carbocycles. The zero-order valence-corrected chi connectivity index (χ0v) is 15.0. The number of non-ortho nitro benzene ring substituents is 1. The van der Waals surface area contributed by atoms with Crippen LogP contribution in [0.1, 0.15) is 5.56 Å². The van der Waals surface area contributed by atoms with Gasteiger partial charge in [-0.25, -0.2) is 5.10 Å². The van der Waals surface area contributed by atoms with Gasteiger partial charge in [0, 0.05) is 22.7 Å². The smallest absolute Gasteiger partial charge is 0.270 e. The molecule has 0 saturated heterocycles. The van der Waals surface area contributed by atoms with Crippen LogP contribution in [0.5, 0.6) is 5.75 Å². The summed E-state index contributed by atoms with van der Waals surface area (Å²) in [6, 6.07) is 11.4. The lowest BCUT2D eigenvalue weighted by molar-refractivity contribution is -0.384. The summed E-state index contributed by atoms with van der Waals surface area (Å²) in [6.45, 7) is 0. The molecule has 0 bridgehead atoms. The van der Waals surface area contributed by atoms with Gasteiger partial charge in [0.15, 0.2) is 5.82 Å².